The highest BCUT2D eigenvalue weighted by molar-refractivity contribution is 5.72. The van der Waals surface area contributed by atoms with Crippen LogP contribution in [0.1, 0.15) is 11.4 Å². The molecule has 0 saturated carbocycles. The number of anilines is 1. The summed E-state index contributed by atoms with van der Waals surface area (Å²) in [6.07, 6.45) is -8.53. The van der Waals surface area contributed by atoms with Gasteiger partial charge in [-0.05, 0) is 24.3 Å². The smallest absolute Gasteiger partial charge is 0.397 e. The lowest BCUT2D eigenvalue weighted by Gasteiger charge is -2.11. The quantitative estimate of drug-likeness (QED) is 0.816. The fourth-order valence-corrected chi connectivity index (χ4v) is 1.56. The number of nitrogen functional groups attached to an aromatic ring is 1. The third kappa shape index (κ3) is 3.23. The van der Waals surface area contributed by atoms with Gasteiger partial charge in [-0.25, -0.2) is 4.98 Å². The monoisotopic (exact) mass is 307 g/mol. The van der Waals surface area contributed by atoms with E-state index >= 15 is 0 Å². The molecule has 0 aromatic carbocycles. The Morgan fingerprint density at radius 3 is 1.86 bits per heavy atom. The Kier molecular flexibility index (Phi) is 3.52. The molecule has 0 atom stereocenters. The third-order valence-corrected chi connectivity index (χ3v) is 2.54. The number of hydrogen-bond donors (Lipinski definition) is 1. The molecule has 21 heavy (non-hydrogen) atoms. The van der Waals surface area contributed by atoms with E-state index < -0.39 is 23.7 Å². The summed E-state index contributed by atoms with van der Waals surface area (Å²) in [7, 11) is 0. The number of alkyl halides is 6. The number of rotatable bonds is 1. The molecule has 112 valence electrons. The predicted molar refractivity (Wildman–Crippen MR) is 61.9 cm³/mol. The van der Waals surface area contributed by atoms with Gasteiger partial charge < -0.3 is 5.73 Å². The molecule has 2 N–H and O–H groups in total. The van der Waals surface area contributed by atoms with Gasteiger partial charge >= 0.3 is 12.4 Å². The number of pyridine rings is 2. The van der Waals surface area contributed by atoms with Crippen molar-refractivity contribution in [2.75, 3.05) is 5.73 Å². The molecule has 2 rings (SSSR count). The summed E-state index contributed by atoms with van der Waals surface area (Å²) in [5.74, 6) is 0. The maximum absolute atomic E-state index is 12.6. The first-order chi connectivity index (χ1) is 9.59. The fourth-order valence-electron chi connectivity index (χ4n) is 1.56. The highest BCUT2D eigenvalue weighted by atomic mass is 19.4. The first kappa shape index (κ1) is 15.1. The molecule has 0 aliphatic heterocycles. The van der Waals surface area contributed by atoms with Gasteiger partial charge in [0, 0.05) is 11.8 Å². The lowest BCUT2D eigenvalue weighted by atomic mass is 10.1. The molecule has 2 aromatic rings. The van der Waals surface area contributed by atoms with E-state index in [1.807, 2.05) is 0 Å². The summed E-state index contributed by atoms with van der Waals surface area (Å²) < 4.78 is 74.8. The van der Waals surface area contributed by atoms with Crippen LogP contribution in [-0.2, 0) is 12.4 Å². The number of hydrogen-bond acceptors (Lipinski definition) is 3. The highest BCUT2D eigenvalue weighted by Gasteiger charge is 2.34. The first-order valence-electron chi connectivity index (χ1n) is 5.46. The second-order valence-corrected chi connectivity index (χ2v) is 4.06. The standard InChI is InChI=1S/C12H7F6N3/c13-11(14,15)8-3-1-6(5-20-8)10-7(19)2-4-9(21-10)12(16,17)18/h1-5H,19H2. The minimum atomic E-state index is -4.68. The van der Waals surface area contributed by atoms with Crippen molar-refractivity contribution >= 4 is 5.69 Å². The number of aromatic nitrogens is 2. The molecule has 0 amide bonds. The van der Waals surface area contributed by atoms with Crippen LogP contribution < -0.4 is 5.73 Å². The van der Waals surface area contributed by atoms with Gasteiger partial charge in [-0.2, -0.15) is 26.3 Å². The van der Waals surface area contributed by atoms with Gasteiger partial charge in [0.15, 0.2) is 0 Å². The van der Waals surface area contributed by atoms with Crippen LogP contribution >= 0.6 is 0 Å². The minimum absolute atomic E-state index is 0.0356. The Hall–Kier alpha value is -2.32. The Morgan fingerprint density at radius 2 is 1.38 bits per heavy atom. The zero-order chi connectivity index (χ0) is 15.8. The van der Waals surface area contributed by atoms with Crippen LogP contribution in [0.4, 0.5) is 32.0 Å². The fraction of sp³-hybridized carbons (Fsp3) is 0.167. The SMILES string of the molecule is Nc1ccc(C(F)(F)F)nc1-c1ccc(C(F)(F)F)nc1. The number of nitrogens with zero attached hydrogens (tertiary/aromatic N) is 2. The van der Waals surface area contributed by atoms with Crippen molar-refractivity contribution in [2.24, 2.45) is 0 Å². The van der Waals surface area contributed by atoms with Crippen LogP contribution in [0.3, 0.4) is 0 Å². The molecule has 0 bridgehead atoms. The number of nitrogens with two attached hydrogens (primary N) is 1. The second kappa shape index (κ2) is 4.90. The van der Waals surface area contributed by atoms with E-state index in [4.69, 9.17) is 5.73 Å². The Labute approximate surface area is 114 Å². The summed E-state index contributed by atoms with van der Waals surface area (Å²) in [6, 6.07) is 3.30. The van der Waals surface area contributed by atoms with Crippen molar-refractivity contribution in [1.82, 2.24) is 9.97 Å². The Bertz CT molecular complexity index is 646. The molecule has 2 aromatic heterocycles. The van der Waals surface area contributed by atoms with Crippen molar-refractivity contribution in [3.63, 3.8) is 0 Å². The van der Waals surface area contributed by atoms with Crippen molar-refractivity contribution in [2.45, 2.75) is 12.4 Å². The zero-order valence-corrected chi connectivity index (χ0v) is 10.1. The van der Waals surface area contributed by atoms with Gasteiger partial charge in [0.2, 0.25) is 0 Å². The second-order valence-electron chi connectivity index (χ2n) is 4.06. The van der Waals surface area contributed by atoms with Gasteiger partial charge in [-0.3, -0.25) is 4.98 Å². The maximum Gasteiger partial charge on any atom is 0.433 e. The molecule has 0 saturated heterocycles. The van der Waals surface area contributed by atoms with E-state index in [2.05, 4.69) is 9.97 Å². The van der Waals surface area contributed by atoms with Crippen molar-refractivity contribution in [1.29, 1.82) is 0 Å². The Morgan fingerprint density at radius 1 is 0.810 bits per heavy atom. The van der Waals surface area contributed by atoms with E-state index in [1.165, 1.54) is 0 Å². The van der Waals surface area contributed by atoms with Crippen LogP contribution in [0.15, 0.2) is 30.5 Å². The first-order valence-corrected chi connectivity index (χ1v) is 5.46. The normalized spacial score (nSPS) is 12.5. The van der Waals surface area contributed by atoms with E-state index in [9.17, 15) is 26.3 Å². The molecule has 0 aliphatic carbocycles. The van der Waals surface area contributed by atoms with E-state index in [-0.39, 0.29) is 16.9 Å². The molecule has 0 unspecified atom stereocenters. The lowest BCUT2D eigenvalue weighted by Crippen LogP contribution is -2.10. The maximum atomic E-state index is 12.6. The molecule has 9 heteroatoms. The minimum Gasteiger partial charge on any atom is -0.397 e. The van der Waals surface area contributed by atoms with Crippen LogP contribution in [0.2, 0.25) is 0 Å². The van der Waals surface area contributed by atoms with Crippen LogP contribution in [0.5, 0.6) is 0 Å². The lowest BCUT2D eigenvalue weighted by molar-refractivity contribution is -0.141. The van der Waals surface area contributed by atoms with E-state index in [0.29, 0.717) is 12.1 Å². The largest absolute Gasteiger partial charge is 0.433 e. The highest BCUT2D eigenvalue weighted by Crippen LogP contribution is 2.33. The van der Waals surface area contributed by atoms with Gasteiger partial charge in [0.25, 0.3) is 0 Å². The predicted octanol–water partition coefficient (Wildman–Crippen LogP) is 3.76. The number of halogens is 6. The molecule has 0 spiro atoms. The topological polar surface area (TPSA) is 51.8 Å². The van der Waals surface area contributed by atoms with Gasteiger partial charge in [0.05, 0.1) is 11.4 Å². The summed E-state index contributed by atoms with van der Waals surface area (Å²) in [6.45, 7) is 0. The van der Waals surface area contributed by atoms with Crippen molar-refractivity contribution < 1.29 is 26.3 Å². The summed E-state index contributed by atoms with van der Waals surface area (Å²) in [5.41, 5.74) is 2.76. The molecular weight excluding hydrogens is 300 g/mol. The van der Waals surface area contributed by atoms with E-state index in [0.717, 1.165) is 18.3 Å². The van der Waals surface area contributed by atoms with Crippen LogP contribution in [-0.4, -0.2) is 9.97 Å². The van der Waals surface area contributed by atoms with Crippen molar-refractivity contribution in [3.05, 3.63) is 41.9 Å². The van der Waals surface area contributed by atoms with Gasteiger partial charge in [-0.15, -0.1) is 0 Å². The molecular formula is C12H7F6N3. The summed E-state index contributed by atoms with van der Waals surface area (Å²) >= 11 is 0. The summed E-state index contributed by atoms with van der Waals surface area (Å²) in [4.78, 5) is 6.49. The average molecular weight is 307 g/mol. The molecule has 2 heterocycles. The molecule has 0 fully saturated rings. The molecule has 0 aliphatic rings. The molecule has 3 nitrogen and oxygen atoms in total. The third-order valence-electron chi connectivity index (χ3n) is 2.54. The molecule has 0 radical (unpaired) electrons. The zero-order valence-electron chi connectivity index (χ0n) is 10.1. The summed E-state index contributed by atoms with van der Waals surface area (Å²) in [5, 5.41) is 0. The van der Waals surface area contributed by atoms with Gasteiger partial charge in [0.1, 0.15) is 11.4 Å². The van der Waals surface area contributed by atoms with Gasteiger partial charge in [-0.1, -0.05) is 0 Å². The van der Waals surface area contributed by atoms with E-state index in [1.54, 1.807) is 0 Å². The Balaban J connectivity index is 2.47. The van der Waals surface area contributed by atoms with Crippen LogP contribution in [0, 0.1) is 0 Å². The average Bonchev–Trinajstić information content (AvgIpc) is 2.37. The van der Waals surface area contributed by atoms with Crippen LogP contribution in [0.25, 0.3) is 11.3 Å². The van der Waals surface area contributed by atoms with Crippen molar-refractivity contribution in [3.8, 4) is 11.3 Å².